The Morgan fingerprint density at radius 3 is 2.53 bits per heavy atom. The van der Waals surface area contributed by atoms with Crippen molar-refractivity contribution in [3.8, 4) is 0 Å². The molecule has 0 radical (unpaired) electrons. The molecule has 0 fully saturated rings. The molecule has 4 N–H and O–H groups in total. The molecule has 1 unspecified atom stereocenters. The van der Waals surface area contributed by atoms with Crippen molar-refractivity contribution >= 4 is 29.2 Å². The number of halogens is 1. The maximum atomic E-state index is 11.9. The Morgan fingerprint density at radius 2 is 2.05 bits per heavy atom. The van der Waals surface area contributed by atoms with Crippen LogP contribution in [0.15, 0.2) is 18.2 Å². The molecule has 0 aliphatic rings. The van der Waals surface area contributed by atoms with Crippen LogP contribution in [0.25, 0.3) is 0 Å². The van der Waals surface area contributed by atoms with Gasteiger partial charge in [-0.2, -0.15) is 0 Å². The number of anilines is 1. The van der Waals surface area contributed by atoms with Gasteiger partial charge in [-0.15, -0.1) is 0 Å². The van der Waals surface area contributed by atoms with E-state index in [-0.39, 0.29) is 18.4 Å². The van der Waals surface area contributed by atoms with E-state index in [1.807, 2.05) is 0 Å². The van der Waals surface area contributed by atoms with Gasteiger partial charge in [0.1, 0.15) is 0 Å². The molecule has 1 amide bonds. The summed E-state index contributed by atoms with van der Waals surface area (Å²) in [6.45, 7) is 3.67. The van der Waals surface area contributed by atoms with Crippen molar-refractivity contribution in [1.29, 1.82) is 0 Å². The van der Waals surface area contributed by atoms with Crippen LogP contribution in [0.4, 0.5) is 5.69 Å². The number of nitrogen functional groups attached to an aromatic ring is 1. The number of hydrogen-bond donors (Lipinski definition) is 3. The topological polar surface area (TPSA) is 92.4 Å². The van der Waals surface area contributed by atoms with Crippen LogP contribution >= 0.6 is 11.6 Å². The van der Waals surface area contributed by atoms with E-state index in [1.54, 1.807) is 19.9 Å². The summed E-state index contributed by atoms with van der Waals surface area (Å²) in [4.78, 5) is 22.9. The summed E-state index contributed by atoms with van der Waals surface area (Å²) in [5, 5.41) is 12.0. The van der Waals surface area contributed by atoms with Crippen molar-refractivity contribution < 1.29 is 14.7 Å². The summed E-state index contributed by atoms with van der Waals surface area (Å²) in [5.74, 6) is -1.97. The number of aliphatic carboxylic acids is 1. The SMILES string of the molecule is CC(C)C(CNC(=O)c1ccc(Cl)c(N)c1)C(=O)O. The van der Waals surface area contributed by atoms with Crippen molar-refractivity contribution in [2.24, 2.45) is 11.8 Å². The molecule has 1 aromatic carbocycles. The number of amides is 1. The highest BCUT2D eigenvalue weighted by atomic mass is 35.5. The second-order valence-electron chi connectivity index (χ2n) is 4.64. The van der Waals surface area contributed by atoms with E-state index in [0.29, 0.717) is 16.3 Å². The van der Waals surface area contributed by atoms with Gasteiger partial charge in [-0.25, -0.2) is 0 Å². The van der Waals surface area contributed by atoms with Gasteiger partial charge in [-0.3, -0.25) is 9.59 Å². The van der Waals surface area contributed by atoms with Gasteiger partial charge in [0.2, 0.25) is 0 Å². The van der Waals surface area contributed by atoms with Crippen LogP contribution in [-0.4, -0.2) is 23.5 Å². The van der Waals surface area contributed by atoms with Crippen LogP contribution in [0.3, 0.4) is 0 Å². The lowest BCUT2D eigenvalue weighted by molar-refractivity contribution is -0.142. The maximum Gasteiger partial charge on any atom is 0.308 e. The zero-order valence-electron chi connectivity index (χ0n) is 10.8. The summed E-state index contributed by atoms with van der Waals surface area (Å²) >= 11 is 5.76. The Bertz CT molecular complexity index is 489. The highest BCUT2D eigenvalue weighted by Crippen LogP contribution is 2.19. The Balaban J connectivity index is 2.69. The fourth-order valence-corrected chi connectivity index (χ4v) is 1.72. The number of carbonyl (C=O) groups is 2. The molecule has 0 spiro atoms. The van der Waals surface area contributed by atoms with E-state index in [4.69, 9.17) is 22.4 Å². The summed E-state index contributed by atoms with van der Waals surface area (Å²) in [7, 11) is 0. The molecule has 1 atom stereocenters. The fourth-order valence-electron chi connectivity index (χ4n) is 1.60. The molecule has 1 aromatic rings. The third-order valence-corrected chi connectivity index (χ3v) is 3.21. The molecule has 19 heavy (non-hydrogen) atoms. The lowest BCUT2D eigenvalue weighted by Crippen LogP contribution is -2.35. The molecule has 0 saturated heterocycles. The number of nitrogens with two attached hydrogens (primary N) is 1. The van der Waals surface area contributed by atoms with Gasteiger partial charge in [0.25, 0.3) is 5.91 Å². The molecule has 0 bridgehead atoms. The Hall–Kier alpha value is -1.75. The smallest absolute Gasteiger partial charge is 0.308 e. The second kappa shape index (κ2) is 6.43. The van der Waals surface area contributed by atoms with Crippen molar-refractivity contribution in [2.45, 2.75) is 13.8 Å². The van der Waals surface area contributed by atoms with Crippen molar-refractivity contribution in [2.75, 3.05) is 12.3 Å². The third kappa shape index (κ3) is 4.13. The zero-order chi connectivity index (χ0) is 14.6. The normalized spacial score (nSPS) is 12.2. The van der Waals surface area contributed by atoms with Crippen LogP contribution in [0, 0.1) is 11.8 Å². The molecule has 0 aromatic heterocycles. The average molecular weight is 285 g/mol. The molecule has 104 valence electrons. The van der Waals surface area contributed by atoms with Crippen molar-refractivity contribution in [3.63, 3.8) is 0 Å². The number of benzene rings is 1. The van der Waals surface area contributed by atoms with Crippen LogP contribution in [0.2, 0.25) is 5.02 Å². The Labute approximate surface area is 116 Å². The Morgan fingerprint density at radius 1 is 1.42 bits per heavy atom. The molecule has 0 saturated carbocycles. The van der Waals surface area contributed by atoms with Gasteiger partial charge in [0.15, 0.2) is 0 Å². The first kappa shape index (κ1) is 15.3. The molecular formula is C13H17ClN2O3. The van der Waals surface area contributed by atoms with Gasteiger partial charge < -0.3 is 16.2 Å². The molecule has 5 nitrogen and oxygen atoms in total. The van der Waals surface area contributed by atoms with Crippen molar-refractivity contribution in [1.82, 2.24) is 5.32 Å². The number of hydrogen-bond acceptors (Lipinski definition) is 3. The number of carbonyl (C=O) groups excluding carboxylic acids is 1. The van der Waals surface area contributed by atoms with Gasteiger partial charge in [0.05, 0.1) is 16.6 Å². The van der Waals surface area contributed by atoms with Crippen molar-refractivity contribution in [3.05, 3.63) is 28.8 Å². The van der Waals surface area contributed by atoms with Gasteiger partial charge in [0, 0.05) is 12.1 Å². The minimum absolute atomic E-state index is 0.0620. The van der Waals surface area contributed by atoms with Gasteiger partial charge in [-0.1, -0.05) is 25.4 Å². The van der Waals surface area contributed by atoms with E-state index in [1.165, 1.54) is 12.1 Å². The highest BCUT2D eigenvalue weighted by Gasteiger charge is 2.22. The third-order valence-electron chi connectivity index (χ3n) is 2.86. The zero-order valence-corrected chi connectivity index (χ0v) is 11.6. The quantitative estimate of drug-likeness (QED) is 0.721. The Kier molecular flexibility index (Phi) is 5.18. The standard InChI is InChI=1S/C13H17ClN2O3/c1-7(2)9(13(18)19)6-16-12(17)8-3-4-10(14)11(15)5-8/h3-5,7,9H,6,15H2,1-2H3,(H,16,17)(H,18,19). The first-order chi connectivity index (χ1) is 8.82. The first-order valence-electron chi connectivity index (χ1n) is 5.89. The molecule has 0 aliphatic carbocycles. The second-order valence-corrected chi connectivity index (χ2v) is 5.04. The molecule has 6 heteroatoms. The van der Waals surface area contributed by atoms with Crippen LogP contribution in [-0.2, 0) is 4.79 Å². The van der Waals surface area contributed by atoms with E-state index in [9.17, 15) is 9.59 Å². The van der Waals surface area contributed by atoms with Crippen LogP contribution in [0.5, 0.6) is 0 Å². The molecule has 0 aliphatic heterocycles. The molecular weight excluding hydrogens is 268 g/mol. The van der Waals surface area contributed by atoms with Crippen LogP contribution in [0.1, 0.15) is 24.2 Å². The minimum Gasteiger partial charge on any atom is -0.481 e. The summed E-state index contributed by atoms with van der Waals surface area (Å²) in [6.07, 6.45) is 0. The summed E-state index contributed by atoms with van der Waals surface area (Å²) in [6, 6.07) is 4.53. The predicted octanol–water partition coefficient (Wildman–Crippen LogP) is 2.01. The lowest BCUT2D eigenvalue weighted by atomic mass is 9.96. The monoisotopic (exact) mass is 284 g/mol. The van der Waals surface area contributed by atoms with E-state index < -0.39 is 11.9 Å². The summed E-state index contributed by atoms with van der Waals surface area (Å²) < 4.78 is 0. The predicted molar refractivity (Wildman–Crippen MR) is 74.2 cm³/mol. The van der Waals surface area contributed by atoms with E-state index in [0.717, 1.165) is 0 Å². The maximum absolute atomic E-state index is 11.9. The summed E-state index contributed by atoms with van der Waals surface area (Å²) in [5.41, 5.74) is 6.27. The average Bonchev–Trinajstić information content (AvgIpc) is 2.31. The minimum atomic E-state index is -0.925. The van der Waals surface area contributed by atoms with E-state index >= 15 is 0 Å². The largest absolute Gasteiger partial charge is 0.481 e. The van der Waals surface area contributed by atoms with E-state index in [2.05, 4.69) is 5.32 Å². The molecule has 1 rings (SSSR count). The number of carboxylic acids is 1. The van der Waals surface area contributed by atoms with Gasteiger partial charge >= 0.3 is 5.97 Å². The molecule has 0 heterocycles. The highest BCUT2D eigenvalue weighted by molar-refractivity contribution is 6.33. The first-order valence-corrected chi connectivity index (χ1v) is 6.26. The van der Waals surface area contributed by atoms with Gasteiger partial charge in [-0.05, 0) is 24.1 Å². The fraction of sp³-hybridized carbons (Fsp3) is 0.385. The number of nitrogens with one attached hydrogen (secondary N) is 1. The number of carboxylic acid groups (broad SMARTS) is 1. The lowest BCUT2D eigenvalue weighted by Gasteiger charge is -2.16. The van der Waals surface area contributed by atoms with Crippen LogP contribution < -0.4 is 11.1 Å². The number of rotatable bonds is 5.